The van der Waals surface area contributed by atoms with Crippen molar-refractivity contribution in [3.63, 3.8) is 0 Å². The molecule has 1 aromatic heterocycles. The van der Waals surface area contributed by atoms with E-state index >= 15 is 0 Å². The number of benzene rings is 2. The molecular weight excluding hydrogens is 316 g/mol. The van der Waals surface area contributed by atoms with Crippen molar-refractivity contribution in [3.05, 3.63) is 65.5 Å². The zero-order valence-electron chi connectivity index (χ0n) is 14.5. The highest BCUT2D eigenvalue weighted by molar-refractivity contribution is 5.44. The van der Waals surface area contributed by atoms with Gasteiger partial charge in [-0.25, -0.2) is 10.1 Å². The van der Waals surface area contributed by atoms with E-state index in [-0.39, 0.29) is 0 Å². The molecule has 2 N–H and O–H groups in total. The summed E-state index contributed by atoms with van der Waals surface area (Å²) in [7, 11) is 0. The predicted molar refractivity (Wildman–Crippen MR) is 96.8 cm³/mol. The van der Waals surface area contributed by atoms with Crippen LogP contribution >= 0.6 is 0 Å². The van der Waals surface area contributed by atoms with Gasteiger partial charge in [-0.3, -0.25) is 0 Å². The molecule has 0 radical (unpaired) electrons. The molecule has 0 bridgehead atoms. The maximum atomic E-state index is 5.96. The van der Waals surface area contributed by atoms with E-state index in [0.717, 1.165) is 22.6 Å². The lowest BCUT2D eigenvalue weighted by Gasteiger charge is -2.14. The highest BCUT2D eigenvalue weighted by Crippen LogP contribution is 2.29. The summed E-state index contributed by atoms with van der Waals surface area (Å²) in [5.74, 6) is 2.12. The lowest BCUT2D eigenvalue weighted by Crippen LogP contribution is -2.04. The van der Waals surface area contributed by atoms with Gasteiger partial charge in [0.25, 0.3) is 0 Å². The Labute approximate surface area is 147 Å². The number of aromatic nitrogens is 3. The minimum Gasteiger partial charge on any atom is -0.490 e. The van der Waals surface area contributed by atoms with Crippen LogP contribution in [0.3, 0.4) is 0 Å². The second-order valence-corrected chi connectivity index (χ2v) is 5.68. The molecule has 6 heteroatoms. The maximum Gasteiger partial charge on any atom is 0.218 e. The summed E-state index contributed by atoms with van der Waals surface area (Å²) in [6.07, 6.45) is 1.47. The number of H-pyrrole nitrogens is 1. The van der Waals surface area contributed by atoms with E-state index in [9.17, 15) is 0 Å². The molecule has 0 aliphatic carbocycles. The number of rotatable bonds is 8. The Bertz CT molecular complexity index is 803. The van der Waals surface area contributed by atoms with Gasteiger partial charge in [-0.05, 0) is 37.1 Å². The Morgan fingerprint density at radius 2 is 1.96 bits per heavy atom. The summed E-state index contributed by atoms with van der Waals surface area (Å²) >= 11 is 0. The third-order valence-electron chi connectivity index (χ3n) is 3.66. The first-order valence-corrected chi connectivity index (χ1v) is 8.28. The summed E-state index contributed by atoms with van der Waals surface area (Å²) < 4.78 is 11.7. The molecule has 0 spiro atoms. The molecule has 0 aliphatic heterocycles. The number of nitrogens with zero attached hydrogens (tertiary/aromatic N) is 2. The summed E-state index contributed by atoms with van der Waals surface area (Å²) in [4.78, 5) is 4.04. The van der Waals surface area contributed by atoms with Crippen LogP contribution in [0.4, 0.5) is 5.95 Å². The zero-order chi connectivity index (χ0) is 17.5. The van der Waals surface area contributed by atoms with Gasteiger partial charge in [0, 0.05) is 6.54 Å². The fourth-order valence-corrected chi connectivity index (χ4v) is 2.49. The van der Waals surface area contributed by atoms with Crippen LogP contribution in [0.25, 0.3) is 0 Å². The largest absolute Gasteiger partial charge is 0.490 e. The number of hydrogen-bond acceptors (Lipinski definition) is 5. The highest BCUT2D eigenvalue weighted by Gasteiger charge is 2.08. The highest BCUT2D eigenvalue weighted by atomic mass is 16.5. The van der Waals surface area contributed by atoms with Crippen LogP contribution in [0.5, 0.6) is 11.5 Å². The maximum absolute atomic E-state index is 5.96. The lowest BCUT2D eigenvalue weighted by atomic mass is 10.1. The van der Waals surface area contributed by atoms with Crippen LogP contribution in [-0.2, 0) is 13.2 Å². The molecule has 6 nitrogen and oxygen atoms in total. The number of ether oxygens (including phenoxy) is 2. The van der Waals surface area contributed by atoms with Crippen molar-refractivity contribution in [1.82, 2.24) is 15.2 Å². The molecule has 0 atom stereocenters. The Balaban J connectivity index is 1.67. The molecule has 130 valence electrons. The average molecular weight is 338 g/mol. The second-order valence-electron chi connectivity index (χ2n) is 5.68. The molecule has 2 aromatic carbocycles. The second kappa shape index (κ2) is 8.19. The van der Waals surface area contributed by atoms with Crippen molar-refractivity contribution in [2.75, 3.05) is 11.9 Å². The zero-order valence-corrected chi connectivity index (χ0v) is 14.5. The molecule has 3 rings (SSSR count). The summed E-state index contributed by atoms with van der Waals surface area (Å²) in [6.45, 7) is 5.75. The van der Waals surface area contributed by atoms with Crippen molar-refractivity contribution in [2.45, 2.75) is 27.0 Å². The van der Waals surface area contributed by atoms with Gasteiger partial charge in [0.1, 0.15) is 12.9 Å². The number of hydrogen-bond donors (Lipinski definition) is 2. The van der Waals surface area contributed by atoms with Crippen molar-refractivity contribution in [1.29, 1.82) is 0 Å². The first-order valence-electron chi connectivity index (χ1n) is 8.28. The third kappa shape index (κ3) is 4.73. The van der Waals surface area contributed by atoms with E-state index in [1.807, 2.05) is 31.2 Å². The first-order chi connectivity index (χ1) is 12.2. The van der Waals surface area contributed by atoms with Crippen molar-refractivity contribution in [2.24, 2.45) is 0 Å². The molecule has 0 saturated carbocycles. The number of nitrogens with one attached hydrogen (secondary N) is 2. The van der Waals surface area contributed by atoms with Crippen molar-refractivity contribution >= 4 is 5.95 Å². The fourth-order valence-electron chi connectivity index (χ4n) is 2.49. The minimum atomic E-state index is 0.511. The molecule has 1 heterocycles. The normalized spacial score (nSPS) is 10.5. The Morgan fingerprint density at radius 3 is 2.72 bits per heavy atom. The topological polar surface area (TPSA) is 72.1 Å². The molecule has 0 fully saturated rings. The number of anilines is 1. The van der Waals surface area contributed by atoms with Gasteiger partial charge in [-0.15, -0.1) is 0 Å². The molecule has 0 amide bonds. The molecule has 25 heavy (non-hydrogen) atoms. The quantitative estimate of drug-likeness (QED) is 0.655. The fraction of sp³-hybridized carbons (Fsp3) is 0.263. The first kappa shape index (κ1) is 16.8. The third-order valence-corrected chi connectivity index (χ3v) is 3.66. The monoisotopic (exact) mass is 338 g/mol. The van der Waals surface area contributed by atoms with Crippen LogP contribution in [0, 0.1) is 6.92 Å². The van der Waals surface area contributed by atoms with Gasteiger partial charge in [0.15, 0.2) is 11.5 Å². The van der Waals surface area contributed by atoms with Gasteiger partial charge in [0.05, 0.1) is 6.61 Å². The lowest BCUT2D eigenvalue weighted by molar-refractivity contribution is 0.269. The van der Waals surface area contributed by atoms with E-state index in [1.54, 1.807) is 0 Å². The number of aryl methyl sites for hydroxylation is 1. The standard InChI is InChI=1S/C19H22N4O2/c1-3-24-18-10-15(11-20-19-21-13-22-23-19)7-8-17(18)25-12-16-6-4-5-14(2)9-16/h4-10,13H,3,11-12H2,1-2H3,(H2,20,21,22,23). The van der Waals surface area contributed by atoms with E-state index < -0.39 is 0 Å². The summed E-state index contributed by atoms with van der Waals surface area (Å²) in [5, 5.41) is 9.75. The summed E-state index contributed by atoms with van der Waals surface area (Å²) in [5.41, 5.74) is 3.43. The minimum absolute atomic E-state index is 0.511. The van der Waals surface area contributed by atoms with Gasteiger partial charge in [-0.2, -0.15) is 5.10 Å². The van der Waals surface area contributed by atoms with Crippen LogP contribution in [0.15, 0.2) is 48.8 Å². The average Bonchev–Trinajstić information content (AvgIpc) is 3.13. The SMILES string of the molecule is CCOc1cc(CNc2ncn[nH]2)ccc1OCc1cccc(C)c1. The van der Waals surface area contributed by atoms with Crippen LogP contribution in [0.2, 0.25) is 0 Å². The molecule has 3 aromatic rings. The van der Waals surface area contributed by atoms with E-state index in [1.165, 1.54) is 11.9 Å². The van der Waals surface area contributed by atoms with Gasteiger partial charge >= 0.3 is 0 Å². The molecule has 0 saturated heterocycles. The molecule has 0 aliphatic rings. The van der Waals surface area contributed by atoms with E-state index in [0.29, 0.717) is 25.7 Å². The van der Waals surface area contributed by atoms with Crippen LogP contribution in [-0.4, -0.2) is 21.8 Å². The van der Waals surface area contributed by atoms with Gasteiger partial charge in [-0.1, -0.05) is 35.9 Å². The smallest absolute Gasteiger partial charge is 0.218 e. The molecular formula is C19H22N4O2. The van der Waals surface area contributed by atoms with E-state index in [4.69, 9.17) is 9.47 Å². The van der Waals surface area contributed by atoms with Gasteiger partial charge in [0.2, 0.25) is 5.95 Å². The number of aromatic amines is 1. The van der Waals surface area contributed by atoms with Crippen LogP contribution < -0.4 is 14.8 Å². The van der Waals surface area contributed by atoms with Crippen molar-refractivity contribution in [3.8, 4) is 11.5 Å². The Morgan fingerprint density at radius 1 is 1.04 bits per heavy atom. The molecule has 0 unspecified atom stereocenters. The van der Waals surface area contributed by atoms with Crippen LogP contribution in [0.1, 0.15) is 23.6 Å². The summed E-state index contributed by atoms with van der Waals surface area (Å²) in [6, 6.07) is 14.2. The van der Waals surface area contributed by atoms with Gasteiger partial charge < -0.3 is 14.8 Å². The Hall–Kier alpha value is -3.02. The predicted octanol–water partition coefficient (Wildman–Crippen LogP) is 3.70. The Kier molecular flexibility index (Phi) is 5.51. The van der Waals surface area contributed by atoms with E-state index in [2.05, 4.69) is 45.6 Å². The van der Waals surface area contributed by atoms with Crippen molar-refractivity contribution < 1.29 is 9.47 Å².